The van der Waals surface area contributed by atoms with Crippen LogP contribution in [0.2, 0.25) is 5.02 Å². The highest BCUT2D eigenvalue weighted by Crippen LogP contribution is 2.24. The fourth-order valence-electron chi connectivity index (χ4n) is 3.60. The van der Waals surface area contributed by atoms with Gasteiger partial charge in [0.2, 0.25) is 5.62 Å². The van der Waals surface area contributed by atoms with Crippen LogP contribution in [0.1, 0.15) is 37.6 Å². The van der Waals surface area contributed by atoms with E-state index in [0.717, 1.165) is 27.8 Å². The van der Waals surface area contributed by atoms with E-state index in [2.05, 4.69) is 28.8 Å². The largest absolute Gasteiger partial charge is 0.469 e. The van der Waals surface area contributed by atoms with Crippen molar-refractivity contribution in [3.05, 3.63) is 85.0 Å². The molecule has 0 amide bonds. The Bertz CT molecular complexity index is 1390. The lowest BCUT2D eigenvalue weighted by molar-refractivity contribution is -0.145. The van der Waals surface area contributed by atoms with Gasteiger partial charge in [0.05, 0.1) is 25.3 Å². The molecule has 0 aliphatic carbocycles. The Kier molecular flexibility index (Phi) is 8.45. The summed E-state index contributed by atoms with van der Waals surface area (Å²) in [5.41, 5.74) is 1.87. The minimum absolute atomic E-state index is 0.0650. The summed E-state index contributed by atoms with van der Waals surface area (Å²) in [5.74, 6) is -0.768. The van der Waals surface area contributed by atoms with E-state index in [0.29, 0.717) is 16.6 Å². The second-order valence-electron chi connectivity index (χ2n) is 8.95. The van der Waals surface area contributed by atoms with Crippen LogP contribution in [0.5, 0.6) is 0 Å². The van der Waals surface area contributed by atoms with Gasteiger partial charge in [0.15, 0.2) is 0 Å². The van der Waals surface area contributed by atoms with Gasteiger partial charge in [-0.25, -0.2) is 19.1 Å². The lowest BCUT2D eigenvalue weighted by atomic mass is 10.0. The van der Waals surface area contributed by atoms with E-state index in [1.165, 1.54) is 11.7 Å². The Morgan fingerprint density at radius 3 is 2.51 bits per heavy atom. The molecule has 9 nitrogen and oxygen atoms in total. The van der Waals surface area contributed by atoms with E-state index in [9.17, 15) is 14.4 Å². The summed E-state index contributed by atoms with van der Waals surface area (Å²) in [6.07, 6.45) is 2.49. The number of aromatic amines is 1. The molecular weight excluding hydrogens is 470 g/mol. The molecule has 0 saturated carbocycles. The molecule has 3 rings (SSSR count). The zero-order chi connectivity index (χ0) is 25.7. The molecule has 1 aromatic carbocycles. The number of halogens is 1. The number of ether oxygens (including phenoxy) is 1. The maximum absolute atomic E-state index is 13.4. The van der Waals surface area contributed by atoms with E-state index in [1.54, 1.807) is 25.3 Å². The molecule has 3 aromatic rings. The number of carbonyl (C=O) groups excluding carboxylic acids is 1. The predicted molar refractivity (Wildman–Crippen MR) is 134 cm³/mol. The van der Waals surface area contributed by atoms with Crippen molar-refractivity contribution in [1.82, 2.24) is 19.1 Å². The van der Waals surface area contributed by atoms with Crippen molar-refractivity contribution in [3.8, 4) is 0 Å². The van der Waals surface area contributed by atoms with Gasteiger partial charge in [-0.05, 0) is 48.6 Å². The normalized spacial score (nSPS) is 12.7. The average Bonchev–Trinajstić information content (AvgIpc) is 2.81. The number of pyridine rings is 1. The first-order chi connectivity index (χ1) is 16.6. The van der Waals surface area contributed by atoms with Crippen LogP contribution in [-0.2, 0) is 29.0 Å². The fourth-order valence-corrected chi connectivity index (χ4v) is 3.86. The molecule has 0 saturated heterocycles. The van der Waals surface area contributed by atoms with Crippen LogP contribution in [0.3, 0.4) is 0 Å². The number of aromatic nitrogens is 4. The van der Waals surface area contributed by atoms with Crippen LogP contribution in [-0.4, -0.2) is 32.2 Å². The molecule has 35 heavy (non-hydrogen) atoms. The van der Waals surface area contributed by atoms with E-state index >= 15 is 0 Å². The topological polar surface area (TPSA) is 111 Å². The van der Waals surface area contributed by atoms with Gasteiger partial charge in [0.25, 0.3) is 0 Å². The van der Waals surface area contributed by atoms with E-state index in [-0.39, 0.29) is 18.7 Å². The van der Waals surface area contributed by atoms with Crippen molar-refractivity contribution in [2.45, 2.75) is 47.2 Å². The Hall–Kier alpha value is -3.46. The van der Waals surface area contributed by atoms with Crippen molar-refractivity contribution in [1.29, 1.82) is 0 Å². The van der Waals surface area contributed by atoms with Gasteiger partial charge in [-0.15, -0.1) is 0 Å². The molecule has 2 aromatic heterocycles. The average molecular weight is 500 g/mol. The van der Waals surface area contributed by atoms with Crippen molar-refractivity contribution < 1.29 is 9.53 Å². The number of nitrogens with zero attached hydrogens (tertiary/aromatic N) is 4. The number of esters is 1. The highest BCUT2D eigenvalue weighted by molar-refractivity contribution is 6.31. The molecule has 0 aliphatic rings. The van der Waals surface area contributed by atoms with Gasteiger partial charge in [-0.1, -0.05) is 44.5 Å². The second-order valence-corrected chi connectivity index (χ2v) is 9.36. The standard InChI is InChI=1S/C25H30ClN5O4/c1-15(2)10-19-8-9-20(11-21(19)26)28-23-29-24(33)31(13-16(3)22(32)35-5)25(34)30(23)14-18-7-6-17(4)27-12-18/h6-9,11-12,15-16H,10,13-14H2,1-5H3,(H,28,29,33)/t16-/m0/s1. The predicted octanol–water partition coefficient (Wildman–Crippen LogP) is 2.98. The third-order valence-electron chi connectivity index (χ3n) is 5.45. The van der Waals surface area contributed by atoms with Crippen molar-refractivity contribution in [2.24, 2.45) is 16.8 Å². The molecule has 0 fully saturated rings. The molecular formula is C25H30ClN5O4. The fraction of sp³-hybridized carbons (Fsp3) is 0.400. The van der Waals surface area contributed by atoms with Crippen LogP contribution >= 0.6 is 11.6 Å². The van der Waals surface area contributed by atoms with Crippen LogP contribution in [0.4, 0.5) is 5.69 Å². The van der Waals surface area contributed by atoms with Gasteiger partial charge in [0.1, 0.15) is 0 Å². The van der Waals surface area contributed by atoms with Crippen molar-refractivity contribution >= 4 is 23.3 Å². The molecule has 0 aliphatic heterocycles. The molecule has 0 unspecified atom stereocenters. The van der Waals surface area contributed by atoms with Gasteiger partial charge in [0, 0.05) is 23.5 Å². The van der Waals surface area contributed by atoms with Gasteiger partial charge in [-0.3, -0.25) is 19.3 Å². The first kappa shape index (κ1) is 26.2. The summed E-state index contributed by atoms with van der Waals surface area (Å²) in [4.78, 5) is 49.6. The lowest BCUT2D eigenvalue weighted by Crippen LogP contribution is -2.51. The smallest absolute Gasteiger partial charge is 0.335 e. The number of H-pyrrole nitrogens is 1. The third-order valence-corrected chi connectivity index (χ3v) is 5.81. The minimum Gasteiger partial charge on any atom is -0.469 e. The molecule has 0 radical (unpaired) electrons. The Morgan fingerprint density at radius 1 is 1.17 bits per heavy atom. The number of rotatable bonds is 8. The maximum Gasteiger partial charge on any atom is 0.335 e. The number of benzene rings is 1. The summed E-state index contributed by atoms with van der Waals surface area (Å²) < 4.78 is 7.05. The SMILES string of the molecule is COC(=O)[C@@H](C)Cn1c(=O)[nH]/c(=N\c2ccc(CC(C)C)c(Cl)c2)n(Cc2ccc(C)nc2)c1=O. The second kappa shape index (κ2) is 11.3. The summed E-state index contributed by atoms with van der Waals surface area (Å²) in [6.45, 7) is 7.66. The highest BCUT2D eigenvalue weighted by atomic mass is 35.5. The van der Waals surface area contributed by atoms with Gasteiger partial charge in [-0.2, -0.15) is 0 Å². The van der Waals surface area contributed by atoms with Crippen LogP contribution < -0.4 is 17.0 Å². The molecule has 1 N–H and O–H groups in total. The van der Waals surface area contributed by atoms with Crippen LogP contribution in [0, 0.1) is 18.8 Å². The Morgan fingerprint density at radius 2 is 1.91 bits per heavy atom. The summed E-state index contributed by atoms with van der Waals surface area (Å²) in [5, 5.41) is 0.567. The zero-order valence-corrected chi connectivity index (χ0v) is 21.3. The maximum atomic E-state index is 13.4. The molecule has 0 spiro atoms. The lowest BCUT2D eigenvalue weighted by Gasteiger charge is -2.14. The zero-order valence-electron chi connectivity index (χ0n) is 20.5. The number of hydrogen-bond acceptors (Lipinski definition) is 6. The molecule has 0 bridgehead atoms. The first-order valence-corrected chi connectivity index (χ1v) is 11.7. The monoisotopic (exact) mass is 499 g/mol. The van der Waals surface area contributed by atoms with E-state index in [4.69, 9.17) is 16.3 Å². The number of hydrogen-bond donors (Lipinski definition) is 1. The highest BCUT2D eigenvalue weighted by Gasteiger charge is 2.18. The molecule has 10 heteroatoms. The van der Waals surface area contributed by atoms with Crippen LogP contribution in [0.25, 0.3) is 0 Å². The quantitative estimate of drug-likeness (QED) is 0.479. The summed E-state index contributed by atoms with van der Waals surface area (Å²) in [6, 6.07) is 9.09. The Labute approximate surface area is 208 Å². The molecule has 1 atom stereocenters. The number of methoxy groups -OCH3 is 1. The minimum atomic E-state index is -0.691. The van der Waals surface area contributed by atoms with E-state index in [1.807, 2.05) is 25.1 Å². The number of nitrogens with one attached hydrogen (secondary N) is 1. The van der Waals surface area contributed by atoms with Crippen molar-refractivity contribution in [2.75, 3.05) is 7.11 Å². The number of carbonyl (C=O) groups is 1. The number of aryl methyl sites for hydroxylation is 1. The van der Waals surface area contributed by atoms with E-state index < -0.39 is 23.3 Å². The summed E-state index contributed by atoms with van der Waals surface area (Å²) >= 11 is 6.46. The van der Waals surface area contributed by atoms with Crippen molar-refractivity contribution in [3.63, 3.8) is 0 Å². The Balaban J connectivity index is 2.15. The molecule has 186 valence electrons. The first-order valence-electron chi connectivity index (χ1n) is 11.4. The van der Waals surface area contributed by atoms with Gasteiger partial charge < -0.3 is 4.74 Å². The van der Waals surface area contributed by atoms with Crippen LogP contribution in [0.15, 0.2) is 51.1 Å². The molecule has 2 heterocycles. The van der Waals surface area contributed by atoms with Gasteiger partial charge >= 0.3 is 17.3 Å². The summed E-state index contributed by atoms with van der Waals surface area (Å²) in [7, 11) is 1.26. The third kappa shape index (κ3) is 6.57.